The first-order valence-corrected chi connectivity index (χ1v) is 15.5. The van der Waals surface area contributed by atoms with E-state index >= 15 is 0 Å². The molecule has 3 N–H and O–H groups in total. The summed E-state index contributed by atoms with van der Waals surface area (Å²) in [5, 5.41) is 23.0. The summed E-state index contributed by atoms with van der Waals surface area (Å²) in [5.74, 6) is 0.129. The van der Waals surface area contributed by atoms with Gasteiger partial charge in [0.2, 0.25) is 0 Å². The van der Waals surface area contributed by atoms with Gasteiger partial charge < -0.3 is 34.8 Å². The van der Waals surface area contributed by atoms with Gasteiger partial charge in [0.1, 0.15) is 22.7 Å². The van der Waals surface area contributed by atoms with Crippen LogP contribution in [0.3, 0.4) is 0 Å². The number of carbonyl (C=O) groups is 3. The molecule has 0 aromatic heterocycles. The Bertz CT molecular complexity index is 1270. The maximum Gasteiger partial charge on any atom is 0.410 e. The molecule has 0 radical (unpaired) electrons. The fourth-order valence-corrected chi connectivity index (χ4v) is 4.45. The highest BCUT2D eigenvalue weighted by molar-refractivity contribution is 6.31. The monoisotopic (exact) mass is 668 g/mol. The van der Waals surface area contributed by atoms with Crippen LogP contribution in [0.1, 0.15) is 57.5 Å². The lowest BCUT2D eigenvalue weighted by Crippen LogP contribution is -2.49. The first-order chi connectivity index (χ1) is 21.0. The van der Waals surface area contributed by atoms with Crippen LogP contribution < -0.4 is 5.32 Å². The number of piperazine rings is 2. The van der Waals surface area contributed by atoms with Crippen LogP contribution in [-0.2, 0) is 16.0 Å². The summed E-state index contributed by atoms with van der Waals surface area (Å²) in [6.07, 6.45) is 0.113. The number of benzene rings is 2. The Labute approximate surface area is 276 Å². The molecule has 0 bridgehead atoms. The molecular formula is C32H46Cl2N4O7. The summed E-state index contributed by atoms with van der Waals surface area (Å²) in [6.45, 7) is 17.9. The van der Waals surface area contributed by atoms with Crippen LogP contribution in [-0.4, -0.2) is 107 Å². The number of rotatable bonds is 3. The van der Waals surface area contributed by atoms with Crippen LogP contribution in [0.2, 0.25) is 10.0 Å². The van der Waals surface area contributed by atoms with Crippen LogP contribution in [0.25, 0.3) is 0 Å². The van der Waals surface area contributed by atoms with E-state index in [1.54, 1.807) is 28.0 Å². The van der Waals surface area contributed by atoms with E-state index < -0.39 is 5.60 Å². The number of nitrogens with zero attached hydrogens (tertiary/aromatic N) is 3. The molecule has 45 heavy (non-hydrogen) atoms. The highest BCUT2D eigenvalue weighted by Gasteiger charge is 2.26. The lowest BCUT2D eigenvalue weighted by atomic mass is 10.1. The van der Waals surface area contributed by atoms with Crippen molar-refractivity contribution >= 4 is 41.7 Å². The zero-order valence-electron chi connectivity index (χ0n) is 26.9. The molecule has 2 aliphatic heterocycles. The van der Waals surface area contributed by atoms with Crippen molar-refractivity contribution in [2.45, 2.75) is 59.3 Å². The molecule has 2 aromatic carbocycles. The Morgan fingerprint density at radius 3 is 1.69 bits per heavy atom. The Kier molecular flexibility index (Phi) is 14.7. The zero-order chi connectivity index (χ0) is 33.8. The van der Waals surface area contributed by atoms with Crippen LogP contribution in [0.15, 0.2) is 36.4 Å². The van der Waals surface area contributed by atoms with Gasteiger partial charge in [0.05, 0.1) is 5.56 Å². The number of hydrogen-bond donors (Lipinski definition) is 3. The molecule has 2 heterocycles. The number of hydrogen-bond acceptors (Lipinski definition) is 9. The first-order valence-electron chi connectivity index (χ1n) is 14.8. The van der Waals surface area contributed by atoms with Crippen molar-refractivity contribution in [1.29, 1.82) is 0 Å². The van der Waals surface area contributed by atoms with Crippen molar-refractivity contribution in [3.05, 3.63) is 57.6 Å². The number of aromatic hydroxyl groups is 2. The molecular weight excluding hydrogens is 623 g/mol. The quantitative estimate of drug-likeness (QED) is 0.348. The number of nitrogens with one attached hydrogen (secondary N) is 1. The van der Waals surface area contributed by atoms with E-state index in [4.69, 9.17) is 37.8 Å². The summed E-state index contributed by atoms with van der Waals surface area (Å²) in [7, 11) is 0. The second kappa shape index (κ2) is 17.4. The smallest absolute Gasteiger partial charge is 0.410 e. The number of aldehydes is 1. The standard InChI is InChI=1S/C16H23ClN2O3.C9H18N2O2.C7H5ClO2/c1-16(2,3)22-15(21)19-8-6-18(7-9-19)11-12-4-5-13(17)10-14(12)20;1-9(2,3)13-8(12)11-6-4-10-5-7-11;8-6-2-1-5(4-9)7(10)3-6/h4-5,10,20H,6-9,11H2,1-3H3;10H,4-7H2,1-3H3;1-4,10H. The Balaban J connectivity index is 0.000000259. The molecule has 0 saturated carbocycles. The van der Waals surface area contributed by atoms with Gasteiger partial charge in [-0.05, 0) is 71.9 Å². The van der Waals surface area contributed by atoms with Crippen LogP contribution in [0.4, 0.5) is 9.59 Å². The third kappa shape index (κ3) is 14.6. The average molecular weight is 670 g/mol. The van der Waals surface area contributed by atoms with E-state index in [0.29, 0.717) is 36.0 Å². The summed E-state index contributed by atoms with van der Waals surface area (Å²) in [4.78, 5) is 39.3. The molecule has 2 saturated heterocycles. The van der Waals surface area contributed by atoms with Gasteiger partial charge in [0, 0.05) is 74.5 Å². The minimum Gasteiger partial charge on any atom is -0.508 e. The van der Waals surface area contributed by atoms with E-state index in [0.717, 1.165) is 44.8 Å². The first kappa shape index (κ1) is 37.9. The SMILES string of the molecule is CC(C)(C)OC(=O)N1CCN(Cc2ccc(Cl)cc2O)CC1.CC(C)(C)OC(=O)N1CCNCC1.O=Cc1ccc(Cl)cc1O. The Morgan fingerprint density at radius 1 is 0.778 bits per heavy atom. The lowest BCUT2D eigenvalue weighted by molar-refractivity contribution is 0.0137. The average Bonchev–Trinajstić information content (AvgIpc) is 2.94. The van der Waals surface area contributed by atoms with E-state index in [1.807, 2.05) is 47.6 Å². The minimum absolute atomic E-state index is 0.0810. The predicted octanol–water partition coefficient (Wildman–Crippen LogP) is 5.78. The predicted molar refractivity (Wildman–Crippen MR) is 175 cm³/mol. The second-order valence-electron chi connectivity index (χ2n) is 12.6. The van der Waals surface area contributed by atoms with E-state index in [9.17, 15) is 19.5 Å². The molecule has 2 amide bonds. The molecule has 0 aliphatic carbocycles. The Morgan fingerprint density at radius 2 is 1.24 bits per heavy atom. The maximum atomic E-state index is 12.0. The van der Waals surface area contributed by atoms with Gasteiger partial charge in [-0.3, -0.25) is 9.69 Å². The van der Waals surface area contributed by atoms with Crippen molar-refractivity contribution in [2.24, 2.45) is 0 Å². The van der Waals surface area contributed by atoms with Gasteiger partial charge in [-0.2, -0.15) is 0 Å². The van der Waals surface area contributed by atoms with Gasteiger partial charge in [-0.1, -0.05) is 29.3 Å². The number of carbonyl (C=O) groups excluding carboxylic acids is 3. The van der Waals surface area contributed by atoms with Gasteiger partial charge >= 0.3 is 12.2 Å². The molecule has 13 heteroatoms. The summed E-state index contributed by atoms with van der Waals surface area (Å²) >= 11 is 11.3. The van der Waals surface area contributed by atoms with Crippen molar-refractivity contribution < 1.29 is 34.1 Å². The fourth-order valence-electron chi connectivity index (χ4n) is 4.12. The van der Waals surface area contributed by atoms with Crippen LogP contribution in [0.5, 0.6) is 11.5 Å². The third-order valence-corrected chi connectivity index (χ3v) is 6.82. The number of amides is 2. The third-order valence-electron chi connectivity index (χ3n) is 6.35. The van der Waals surface area contributed by atoms with E-state index in [2.05, 4.69) is 10.2 Å². The largest absolute Gasteiger partial charge is 0.508 e. The highest BCUT2D eigenvalue weighted by atomic mass is 35.5. The van der Waals surface area contributed by atoms with Gasteiger partial charge in [0.25, 0.3) is 0 Å². The van der Waals surface area contributed by atoms with Crippen molar-refractivity contribution in [3.63, 3.8) is 0 Å². The molecule has 0 spiro atoms. The second-order valence-corrected chi connectivity index (χ2v) is 13.4. The van der Waals surface area contributed by atoms with E-state index in [-0.39, 0.29) is 34.9 Å². The molecule has 0 unspecified atom stereocenters. The topological polar surface area (TPSA) is 132 Å². The number of phenolic OH excluding ortho intramolecular Hbond substituents is 2. The number of ether oxygens (including phenoxy) is 2. The zero-order valence-corrected chi connectivity index (χ0v) is 28.5. The molecule has 11 nitrogen and oxygen atoms in total. The van der Waals surface area contributed by atoms with Gasteiger partial charge in [-0.15, -0.1) is 0 Å². The highest BCUT2D eigenvalue weighted by Crippen LogP contribution is 2.24. The molecule has 0 atom stereocenters. The molecule has 2 aliphatic rings. The Hall–Kier alpha value is -3.25. The minimum atomic E-state index is -0.469. The van der Waals surface area contributed by atoms with Crippen molar-refractivity contribution in [1.82, 2.24) is 20.0 Å². The molecule has 2 fully saturated rings. The normalized spacial score (nSPS) is 15.6. The molecule has 4 rings (SSSR count). The summed E-state index contributed by atoms with van der Waals surface area (Å²) < 4.78 is 10.6. The summed E-state index contributed by atoms with van der Waals surface area (Å²) in [6, 6.07) is 9.49. The van der Waals surface area contributed by atoms with Crippen molar-refractivity contribution in [3.8, 4) is 11.5 Å². The van der Waals surface area contributed by atoms with E-state index in [1.165, 1.54) is 12.1 Å². The number of halogens is 2. The summed E-state index contributed by atoms with van der Waals surface area (Å²) in [5.41, 5.74) is 0.241. The van der Waals surface area contributed by atoms with Gasteiger partial charge in [0.15, 0.2) is 6.29 Å². The fraction of sp³-hybridized carbons (Fsp3) is 0.531. The van der Waals surface area contributed by atoms with Crippen LogP contribution in [0, 0.1) is 0 Å². The van der Waals surface area contributed by atoms with Crippen LogP contribution >= 0.6 is 23.2 Å². The molecule has 250 valence electrons. The van der Waals surface area contributed by atoms with Crippen molar-refractivity contribution in [2.75, 3.05) is 52.4 Å². The lowest BCUT2D eigenvalue weighted by Gasteiger charge is -2.35. The number of phenols is 2. The maximum absolute atomic E-state index is 12.0. The molecule has 2 aromatic rings. The van der Waals surface area contributed by atoms with Gasteiger partial charge in [-0.25, -0.2) is 9.59 Å².